The molecule has 0 saturated carbocycles. The van der Waals surface area contributed by atoms with E-state index in [0.29, 0.717) is 96.7 Å². The molecule has 4 aromatic heterocycles. The lowest BCUT2D eigenvalue weighted by atomic mass is 10.0. The van der Waals surface area contributed by atoms with Crippen molar-refractivity contribution in [1.29, 1.82) is 0 Å². The van der Waals surface area contributed by atoms with Crippen molar-refractivity contribution in [1.82, 2.24) is 54.2 Å². The van der Waals surface area contributed by atoms with E-state index in [1.807, 2.05) is 82.4 Å². The zero-order valence-corrected chi connectivity index (χ0v) is 62.8. The number of aromatic nitrogens is 8. The molecule has 0 radical (unpaired) electrons. The summed E-state index contributed by atoms with van der Waals surface area (Å²) < 4.78 is 46.2. The average Bonchev–Trinajstić information content (AvgIpc) is 1.75. The van der Waals surface area contributed by atoms with Crippen LogP contribution in [0.5, 0.6) is 6.01 Å². The Morgan fingerprint density at radius 2 is 0.980 bits per heavy atom. The minimum atomic E-state index is -1.34. The maximum Gasteiger partial charge on any atom is 0.410 e. The fourth-order valence-electron chi connectivity index (χ4n) is 13.1. The highest BCUT2D eigenvalue weighted by Crippen LogP contribution is 2.39. The fraction of sp³-hybridized carbons (Fsp3) is 0.507. The van der Waals surface area contributed by atoms with Crippen molar-refractivity contribution in [3.05, 3.63) is 142 Å². The fourth-order valence-corrected chi connectivity index (χ4v) is 15.1. The number of likely N-dealkylation sites (N-methyl/N-ethyl adjacent to an activating group) is 1. The third-order valence-corrected chi connectivity index (χ3v) is 23.1. The van der Waals surface area contributed by atoms with Gasteiger partial charge in [-0.25, -0.2) is 28.9 Å². The summed E-state index contributed by atoms with van der Waals surface area (Å²) >= 11 is 0. The second kappa shape index (κ2) is 33.0. The summed E-state index contributed by atoms with van der Waals surface area (Å²) in [5, 5.41) is 12.0. The second-order valence-electron chi connectivity index (χ2n) is 28.5. The molecule has 4 aromatic carbocycles. The maximum atomic E-state index is 12.9. The van der Waals surface area contributed by atoms with Crippen LogP contribution in [0.1, 0.15) is 58.6 Å². The number of fused-ring (bicyclic) bond motifs is 4. The van der Waals surface area contributed by atoms with Crippen molar-refractivity contribution in [2.75, 3.05) is 131 Å². The van der Waals surface area contributed by atoms with Gasteiger partial charge in [0.15, 0.2) is 0 Å². The summed E-state index contributed by atoms with van der Waals surface area (Å²) in [6.45, 7) is 36.5. The highest BCUT2D eigenvalue weighted by Gasteiger charge is 2.33. The van der Waals surface area contributed by atoms with Gasteiger partial charge in [-0.05, 0) is 86.3 Å². The Bertz CT molecular complexity index is 4060. The number of benzene rings is 4. The Hall–Kier alpha value is -8.02. The summed E-state index contributed by atoms with van der Waals surface area (Å²) in [5.74, 6) is 1.74. The van der Waals surface area contributed by atoms with Gasteiger partial charge in [-0.3, -0.25) is 4.21 Å². The third-order valence-electron chi connectivity index (χ3n) is 19.0. The molecule has 2 amide bonds. The normalized spacial score (nSPS) is 15.5. The van der Waals surface area contributed by atoms with E-state index < -0.39 is 26.9 Å². The minimum absolute atomic E-state index is 0.252. The first kappa shape index (κ1) is 72.2. The predicted molar refractivity (Wildman–Crippen MR) is 397 cm³/mol. The van der Waals surface area contributed by atoms with Crippen molar-refractivity contribution in [2.24, 2.45) is 0 Å². The zero-order valence-electron chi connectivity index (χ0n) is 60.0. The van der Waals surface area contributed by atoms with Gasteiger partial charge in [0.25, 0.3) is 0 Å². The van der Waals surface area contributed by atoms with Gasteiger partial charge in [-0.15, -0.1) is 0 Å². The minimum Gasteiger partial charge on any atom is -0.462 e. The molecule has 8 aromatic rings. The van der Waals surface area contributed by atoms with Gasteiger partial charge in [0, 0.05) is 130 Å². The number of amides is 2. The van der Waals surface area contributed by atoms with Gasteiger partial charge in [-0.1, -0.05) is 126 Å². The summed E-state index contributed by atoms with van der Waals surface area (Å²) in [6.07, 6.45) is 6.50. The number of anilines is 4. The zero-order chi connectivity index (χ0) is 69.8. The van der Waals surface area contributed by atoms with Crippen molar-refractivity contribution < 1.29 is 37.5 Å². The molecule has 0 aliphatic carbocycles. The van der Waals surface area contributed by atoms with Crippen LogP contribution in [0, 0.1) is 13.8 Å². The summed E-state index contributed by atoms with van der Waals surface area (Å²) in [7, 11) is -3.67. The SMILES string of the molecule is CCN(CC)CCOc1nc2c(c(N3CCN(C(=O)OCc4ccccc4)CC3)n1)CCN(c1c(C)ccc3c1cnn3COCC[Si](C)(C)C)C2.Cc1ccc2c(cnn2COCC[Si](C)(C)C)c1N1CCc2c(nc(S(C)=O)nc2N2CCN(C(=O)OCc3ccccc3)CC2)C1. The molecule has 2 saturated heterocycles. The van der Waals surface area contributed by atoms with Gasteiger partial charge in [0.05, 0.1) is 70.1 Å². The number of carbonyl (C=O) groups is 2. The van der Waals surface area contributed by atoms with E-state index in [1.165, 1.54) is 16.8 Å². The molecule has 0 bridgehead atoms. The van der Waals surface area contributed by atoms with Gasteiger partial charge in [0.1, 0.15) is 44.9 Å². The Labute approximate surface area is 588 Å². The van der Waals surface area contributed by atoms with Crippen LogP contribution in [0.4, 0.5) is 32.6 Å². The lowest BCUT2D eigenvalue weighted by Crippen LogP contribution is -2.49. The molecule has 4 aliphatic rings. The standard InChI is InChI=1S/C39H56N8O4Si.C34H45N7O4SSi/c1-7-43(8-2)22-23-50-38-41-34-27-46(36-30(3)14-15-35-33(36)26-40-47(35)29-49-24-25-52(4,5)6)17-16-32(34)37(42-38)44-18-20-45(21-19-44)39(48)51-28-31-12-10-9-11-13-31;1-25-11-12-30-28(21-35-41(30)24-44-19-20-47(3,4)5)31(25)40-14-13-27-29(22-40)36-33(46(2)43)37-32(27)38-15-17-39(18-16-38)34(42)45-23-26-9-7-6-8-10-26/h9-15,26H,7-8,16-25,27-29H2,1-6H3;6-12,21H,13-20,22-24H2,1-5H3. The number of rotatable bonds is 25. The smallest absolute Gasteiger partial charge is 0.410 e. The van der Waals surface area contributed by atoms with Crippen LogP contribution in [0.3, 0.4) is 0 Å². The first-order valence-electron chi connectivity index (χ1n) is 35.2. The molecule has 8 heterocycles. The van der Waals surface area contributed by atoms with Crippen LogP contribution < -0.4 is 24.3 Å². The third kappa shape index (κ3) is 18.5. The quantitative estimate of drug-likeness (QED) is 0.0296. The number of carbonyl (C=O) groups excluding carboxylic acids is 2. The molecule has 2 fully saturated rings. The Balaban J connectivity index is 0.000000201. The number of nitrogens with zero attached hydrogens (tertiary/aromatic N) is 15. The molecule has 4 aliphatic heterocycles. The Morgan fingerprint density at radius 1 is 0.535 bits per heavy atom. The lowest BCUT2D eigenvalue weighted by Gasteiger charge is -2.38. The predicted octanol–water partition coefficient (Wildman–Crippen LogP) is 11.4. The van der Waals surface area contributed by atoms with Gasteiger partial charge >= 0.3 is 18.2 Å². The second-order valence-corrected chi connectivity index (χ2v) is 41.0. The summed E-state index contributed by atoms with van der Waals surface area (Å²) in [4.78, 5) is 60.5. The van der Waals surface area contributed by atoms with E-state index in [4.69, 9.17) is 53.8 Å². The highest BCUT2D eigenvalue weighted by atomic mass is 32.2. The summed E-state index contributed by atoms with van der Waals surface area (Å²) in [6, 6.07) is 30.8. The van der Waals surface area contributed by atoms with Crippen LogP contribution in [-0.4, -0.2) is 198 Å². The van der Waals surface area contributed by atoms with E-state index in [9.17, 15) is 13.8 Å². The number of ether oxygens (including phenoxy) is 5. The van der Waals surface area contributed by atoms with Gasteiger partial charge in [0.2, 0.25) is 5.16 Å². The van der Waals surface area contributed by atoms with Crippen LogP contribution >= 0.6 is 0 Å². The topological polar surface area (TPSA) is 207 Å². The molecular formula is C73H101N15O8SSi2. The first-order chi connectivity index (χ1) is 47.7. The number of hydrogen-bond donors (Lipinski definition) is 0. The van der Waals surface area contributed by atoms with Gasteiger partial charge < -0.3 is 58.0 Å². The molecule has 530 valence electrons. The maximum absolute atomic E-state index is 12.9. The van der Waals surface area contributed by atoms with Crippen LogP contribution in [0.25, 0.3) is 21.8 Å². The number of hydrogen-bond acceptors (Lipinski definition) is 19. The molecular weight excluding hydrogens is 1300 g/mol. The number of aryl methyl sites for hydroxylation is 2. The Morgan fingerprint density at radius 3 is 1.41 bits per heavy atom. The monoisotopic (exact) mass is 1400 g/mol. The van der Waals surface area contributed by atoms with Gasteiger partial charge in [-0.2, -0.15) is 20.2 Å². The van der Waals surface area contributed by atoms with E-state index in [0.717, 1.165) is 144 Å². The number of piperazine rings is 2. The molecule has 1 atom stereocenters. The van der Waals surface area contributed by atoms with E-state index in [2.05, 4.69) is 116 Å². The average molecular weight is 1400 g/mol. The lowest BCUT2D eigenvalue weighted by molar-refractivity contribution is 0.0816. The molecule has 1 unspecified atom stereocenters. The largest absolute Gasteiger partial charge is 0.462 e. The van der Waals surface area contributed by atoms with E-state index >= 15 is 0 Å². The van der Waals surface area contributed by atoms with Crippen molar-refractivity contribution in [3.8, 4) is 6.01 Å². The molecule has 26 heteroatoms. The molecule has 0 N–H and O–H groups in total. The summed E-state index contributed by atoms with van der Waals surface area (Å²) in [5.41, 5.74) is 12.9. The Kier molecular flexibility index (Phi) is 24.1. The van der Waals surface area contributed by atoms with E-state index in [1.54, 1.807) is 16.1 Å². The van der Waals surface area contributed by atoms with Crippen LogP contribution in [0.2, 0.25) is 51.4 Å². The molecule has 0 spiro atoms. The molecule has 12 rings (SSSR count). The van der Waals surface area contributed by atoms with Crippen molar-refractivity contribution >= 4 is 84.0 Å². The van der Waals surface area contributed by atoms with Crippen molar-refractivity contribution in [2.45, 2.75) is 137 Å². The highest BCUT2D eigenvalue weighted by molar-refractivity contribution is 7.84. The molecule has 23 nitrogen and oxygen atoms in total. The van der Waals surface area contributed by atoms with Crippen LogP contribution in [-0.2, 0) is 82.4 Å². The van der Waals surface area contributed by atoms with Crippen molar-refractivity contribution in [3.63, 3.8) is 0 Å². The van der Waals surface area contributed by atoms with E-state index in [-0.39, 0.29) is 25.4 Å². The molecule has 99 heavy (non-hydrogen) atoms. The van der Waals surface area contributed by atoms with Crippen LogP contribution in [0.15, 0.2) is 102 Å². The first-order valence-corrected chi connectivity index (χ1v) is 44.1.